The second kappa shape index (κ2) is 9.37. The third kappa shape index (κ3) is 5.14. The van der Waals surface area contributed by atoms with E-state index in [1.54, 1.807) is 4.68 Å². The maximum Gasteiger partial charge on any atom is 0.221 e. The summed E-state index contributed by atoms with van der Waals surface area (Å²) >= 11 is 0. The minimum absolute atomic E-state index is 0.151. The van der Waals surface area contributed by atoms with Crippen molar-refractivity contribution in [1.82, 2.24) is 29.9 Å². The molecule has 0 aliphatic rings. The molecule has 0 unspecified atom stereocenters. The predicted octanol–water partition coefficient (Wildman–Crippen LogP) is 3.33. The molecule has 2 N–H and O–H groups in total. The summed E-state index contributed by atoms with van der Waals surface area (Å²) in [6, 6.07) is 15.2. The van der Waals surface area contributed by atoms with Crippen molar-refractivity contribution in [3.8, 4) is 35.0 Å². The Morgan fingerprint density at radius 2 is 1.78 bits per heavy atom. The van der Waals surface area contributed by atoms with Crippen LogP contribution in [-0.2, 0) is 17.9 Å². The average molecular weight is 425 g/mol. The van der Waals surface area contributed by atoms with Gasteiger partial charge < -0.3 is 10.5 Å². The molecular weight excluding hydrogens is 402 g/mol. The molecule has 4 aromatic rings. The molecule has 8 heteroatoms. The number of nitrogens with two attached hydrogens (primary N) is 1. The number of aromatic nitrogens is 6. The number of benzene rings is 1. The first-order valence-electron chi connectivity index (χ1n) is 10.2. The predicted molar refractivity (Wildman–Crippen MR) is 122 cm³/mol. The number of pyridine rings is 1. The summed E-state index contributed by atoms with van der Waals surface area (Å²) in [6.07, 6.45) is 7.47. The van der Waals surface area contributed by atoms with Crippen LogP contribution in [0.3, 0.4) is 0 Å². The van der Waals surface area contributed by atoms with E-state index in [4.69, 9.17) is 16.9 Å². The first kappa shape index (κ1) is 21.2. The van der Waals surface area contributed by atoms with Gasteiger partial charge in [0.2, 0.25) is 5.95 Å². The van der Waals surface area contributed by atoms with Gasteiger partial charge in [-0.25, -0.2) is 14.6 Å². The molecule has 0 saturated carbocycles. The number of terminal acetylenes is 1. The molecule has 0 spiro atoms. The highest BCUT2D eigenvalue weighted by Crippen LogP contribution is 2.24. The molecule has 0 saturated heterocycles. The minimum Gasteiger partial charge on any atom is -0.373 e. The van der Waals surface area contributed by atoms with Crippen LogP contribution in [0.5, 0.6) is 0 Å². The van der Waals surface area contributed by atoms with E-state index in [9.17, 15) is 0 Å². The van der Waals surface area contributed by atoms with E-state index >= 15 is 0 Å². The van der Waals surface area contributed by atoms with Gasteiger partial charge in [0, 0.05) is 11.1 Å². The van der Waals surface area contributed by atoms with Crippen LogP contribution in [0.15, 0.2) is 54.7 Å². The lowest BCUT2D eigenvalue weighted by atomic mass is 10.1. The van der Waals surface area contributed by atoms with E-state index in [1.807, 2.05) is 68.6 Å². The molecule has 3 aromatic heterocycles. The molecule has 0 aliphatic heterocycles. The lowest BCUT2D eigenvalue weighted by molar-refractivity contribution is 0.0635. The largest absolute Gasteiger partial charge is 0.373 e. The fourth-order valence-corrected chi connectivity index (χ4v) is 3.12. The standard InChI is InChI=1S/C24H23N7O/c1-4-17-7-5-8-18(11-17)21-12-22(28-24(25)27-21)23-14-31(30-29-23)13-19-9-6-10-20(26-19)15-32-16(2)3/h1,5-12,14,16H,13,15H2,2-3H3,(H2,25,27,28). The van der Waals surface area contributed by atoms with Crippen molar-refractivity contribution >= 4 is 5.95 Å². The minimum atomic E-state index is 0.151. The Kier molecular flexibility index (Phi) is 6.19. The van der Waals surface area contributed by atoms with Gasteiger partial charge in [-0.2, -0.15) is 0 Å². The summed E-state index contributed by atoms with van der Waals surface area (Å²) in [4.78, 5) is 13.3. The van der Waals surface area contributed by atoms with Crippen molar-refractivity contribution in [3.63, 3.8) is 0 Å². The lowest BCUT2D eigenvalue weighted by Gasteiger charge is -2.08. The lowest BCUT2D eigenvalue weighted by Crippen LogP contribution is -2.07. The van der Waals surface area contributed by atoms with Crippen molar-refractivity contribution < 1.29 is 4.74 Å². The number of nitrogen functional groups attached to an aromatic ring is 1. The van der Waals surface area contributed by atoms with Crippen LogP contribution in [-0.4, -0.2) is 36.0 Å². The Morgan fingerprint density at radius 3 is 2.59 bits per heavy atom. The van der Waals surface area contributed by atoms with Crippen LogP contribution < -0.4 is 5.73 Å². The summed E-state index contributed by atoms with van der Waals surface area (Å²) in [5.74, 6) is 2.78. The monoisotopic (exact) mass is 425 g/mol. The molecule has 3 heterocycles. The fourth-order valence-electron chi connectivity index (χ4n) is 3.12. The van der Waals surface area contributed by atoms with Crippen molar-refractivity contribution in [2.24, 2.45) is 0 Å². The number of hydrogen-bond acceptors (Lipinski definition) is 7. The maximum atomic E-state index is 5.96. The van der Waals surface area contributed by atoms with Crippen LogP contribution in [0.25, 0.3) is 22.6 Å². The number of ether oxygens (including phenoxy) is 1. The Hall–Kier alpha value is -4.09. The normalized spacial score (nSPS) is 10.9. The van der Waals surface area contributed by atoms with Gasteiger partial charge >= 0.3 is 0 Å². The van der Waals surface area contributed by atoms with Gasteiger partial charge in [-0.05, 0) is 44.2 Å². The first-order chi connectivity index (χ1) is 15.5. The van der Waals surface area contributed by atoms with Crippen molar-refractivity contribution in [2.45, 2.75) is 33.1 Å². The van der Waals surface area contributed by atoms with Crippen LogP contribution in [0.4, 0.5) is 5.95 Å². The van der Waals surface area contributed by atoms with E-state index in [-0.39, 0.29) is 12.1 Å². The first-order valence-corrected chi connectivity index (χ1v) is 10.2. The SMILES string of the molecule is C#Cc1cccc(-c2cc(-c3cn(Cc4cccc(COC(C)C)n4)nn3)nc(N)n2)c1. The molecule has 1 aromatic carbocycles. The van der Waals surface area contributed by atoms with Gasteiger partial charge in [0.1, 0.15) is 5.69 Å². The van der Waals surface area contributed by atoms with E-state index in [0.717, 1.165) is 22.5 Å². The fraction of sp³-hybridized carbons (Fsp3) is 0.208. The van der Waals surface area contributed by atoms with E-state index in [2.05, 4.69) is 31.2 Å². The second-order valence-electron chi connectivity index (χ2n) is 7.50. The molecule has 8 nitrogen and oxygen atoms in total. The Bertz CT molecular complexity index is 1270. The highest BCUT2D eigenvalue weighted by atomic mass is 16.5. The maximum absolute atomic E-state index is 5.96. The second-order valence-corrected chi connectivity index (χ2v) is 7.50. The molecule has 32 heavy (non-hydrogen) atoms. The summed E-state index contributed by atoms with van der Waals surface area (Å²) in [7, 11) is 0. The quantitative estimate of drug-likeness (QED) is 0.453. The number of anilines is 1. The molecule has 0 atom stereocenters. The van der Waals surface area contributed by atoms with Gasteiger partial charge in [-0.1, -0.05) is 29.3 Å². The topological polar surface area (TPSA) is 105 Å². The van der Waals surface area contributed by atoms with Crippen LogP contribution >= 0.6 is 0 Å². The van der Waals surface area contributed by atoms with E-state index in [0.29, 0.717) is 30.2 Å². The van der Waals surface area contributed by atoms with Gasteiger partial charge in [-0.15, -0.1) is 11.5 Å². The third-order valence-electron chi connectivity index (χ3n) is 4.62. The van der Waals surface area contributed by atoms with Gasteiger partial charge in [0.15, 0.2) is 0 Å². The summed E-state index contributed by atoms with van der Waals surface area (Å²) in [5.41, 5.74) is 11.2. The van der Waals surface area contributed by atoms with Gasteiger partial charge in [0.25, 0.3) is 0 Å². The zero-order valence-corrected chi connectivity index (χ0v) is 17.9. The summed E-state index contributed by atoms with van der Waals surface area (Å²) in [6.45, 7) is 4.94. The summed E-state index contributed by atoms with van der Waals surface area (Å²) in [5, 5.41) is 8.48. The Labute approximate surface area is 186 Å². The number of rotatable bonds is 7. The molecule has 0 radical (unpaired) electrons. The number of nitrogens with zero attached hydrogens (tertiary/aromatic N) is 6. The van der Waals surface area contributed by atoms with Gasteiger partial charge in [0.05, 0.1) is 48.2 Å². The van der Waals surface area contributed by atoms with Crippen molar-refractivity contribution in [1.29, 1.82) is 0 Å². The highest BCUT2D eigenvalue weighted by Gasteiger charge is 2.11. The molecule has 0 aliphatic carbocycles. The Morgan fingerprint density at radius 1 is 1.00 bits per heavy atom. The molecule has 0 fully saturated rings. The molecule has 4 rings (SSSR count). The number of hydrogen-bond donors (Lipinski definition) is 1. The zero-order chi connectivity index (χ0) is 22.5. The Balaban J connectivity index is 1.56. The third-order valence-corrected chi connectivity index (χ3v) is 4.62. The average Bonchev–Trinajstić information content (AvgIpc) is 3.26. The molecule has 160 valence electrons. The van der Waals surface area contributed by atoms with Crippen LogP contribution in [0.1, 0.15) is 30.8 Å². The van der Waals surface area contributed by atoms with Crippen molar-refractivity contribution in [2.75, 3.05) is 5.73 Å². The highest BCUT2D eigenvalue weighted by molar-refractivity contribution is 5.68. The van der Waals surface area contributed by atoms with E-state index < -0.39 is 0 Å². The molecule has 0 bridgehead atoms. The van der Waals surface area contributed by atoms with Crippen LogP contribution in [0, 0.1) is 12.3 Å². The van der Waals surface area contributed by atoms with E-state index in [1.165, 1.54) is 0 Å². The smallest absolute Gasteiger partial charge is 0.221 e. The molecule has 0 amide bonds. The molecular formula is C24H23N7O. The summed E-state index contributed by atoms with van der Waals surface area (Å²) < 4.78 is 7.34. The van der Waals surface area contributed by atoms with Gasteiger partial charge in [-0.3, -0.25) is 4.98 Å². The van der Waals surface area contributed by atoms with Crippen molar-refractivity contribution in [3.05, 3.63) is 71.7 Å². The van der Waals surface area contributed by atoms with Crippen LogP contribution in [0.2, 0.25) is 0 Å². The zero-order valence-electron chi connectivity index (χ0n) is 17.9.